The Kier molecular flexibility index (Phi) is 3.67. The van der Waals surface area contributed by atoms with E-state index in [9.17, 15) is 4.79 Å². The highest BCUT2D eigenvalue weighted by molar-refractivity contribution is 6.21. The number of anilines is 1. The van der Waals surface area contributed by atoms with Gasteiger partial charge in [0.2, 0.25) is 0 Å². The topological polar surface area (TPSA) is 46.9 Å². The second-order valence-electron chi connectivity index (χ2n) is 4.08. The first-order valence-electron chi connectivity index (χ1n) is 5.60. The smallest absolute Gasteiger partial charge is 0.275 e. The molecule has 0 aliphatic carbocycles. The van der Waals surface area contributed by atoms with Gasteiger partial charge in [-0.3, -0.25) is 4.79 Å². The Balaban J connectivity index is 2.22. The maximum absolute atomic E-state index is 12.0. The van der Waals surface area contributed by atoms with Crippen LogP contribution in [0.3, 0.4) is 0 Å². The zero-order valence-corrected chi connectivity index (χ0v) is 11.0. The van der Waals surface area contributed by atoms with Crippen LogP contribution in [0, 0.1) is 0 Å². The molecule has 0 aliphatic rings. The highest BCUT2D eigenvalue weighted by Gasteiger charge is 2.13. The number of para-hydroxylation sites is 1. The van der Waals surface area contributed by atoms with E-state index < -0.39 is 0 Å². The van der Waals surface area contributed by atoms with Crippen LogP contribution in [0.2, 0.25) is 0 Å². The Bertz CT molecular complexity index is 563. The molecule has 0 spiro atoms. The zero-order valence-electron chi connectivity index (χ0n) is 10.2. The number of imidazole rings is 1. The van der Waals surface area contributed by atoms with Crippen molar-refractivity contribution in [2.75, 3.05) is 5.32 Å². The van der Waals surface area contributed by atoms with E-state index in [1.807, 2.05) is 38.2 Å². The number of nitrogens with one attached hydrogen (secondary N) is 1. The second kappa shape index (κ2) is 5.23. The van der Waals surface area contributed by atoms with Gasteiger partial charge in [0.1, 0.15) is 5.69 Å². The third-order valence-corrected chi connectivity index (χ3v) is 2.81. The summed E-state index contributed by atoms with van der Waals surface area (Å²) in [6, 6.07) is 7.47. The quantitative estimate of drug-likeness (QED) is 0.866. The average molecular weight is 264 g/mol. The summed E-state index contributed by atoms with van der Waals surface area (Å²) in [6.45, 7) is 1.87. The van der Waals surface area contributed by atoms with Crippen LogP contribution in [0.1, 0.15) is 28.4 Å². The first-order valence-corrected chi connectivity index (χ1v) is 6.04. The number of amides is 1. The Morgan fingerprint density at radius 2 is 2.17 bits per heavy atom. The molecule has 1 aromatic heterocycles. The number of aromatic nitrogens is 2. The van der Waals surface area contributed by atoms with Crippen LogP contribution in [0.4, 0.5) is 5.69 Å². The highest BCUT2D eigenvalue weighted by atomic mass is 35.5. The molecule has 1 unspecified atom stereocenters. The minimum Gasteiger partial charge on any atom is -0.340 e. The monoisotopic (exact) mass is 263 g/mol. The number of hydrogen-bond acceptors (Lipinski definition) is 2. The average Bonchev–Trinajstić information content (AvgIpc) is 2.76. The van der Waals surface area contributed by atoms with Gasteiger partial charge in [-0.15, -0.1) is 11.6 Å². The number of hydrogen-bond donors (Lipinski definition) is 1. The molecule has 0 saturated heterocycles. The highest BCUT2D eigenvalue weighted by Crippen LogP contribution is 2.27. The van der Waals surface area contributed by atoms with Gasteiger partial charge in [-0.05, 0) is 18.6 Å². The van der Waals surface area contributed by atoms with Gasteiger partial charge in [0.05, 0.1) is 11.7 Å². The van der Waals surface area contributed by atoms with E-state index in [0.717, 1.165) is 11.3 Å². The standard InChI is InChI=1S/C13H14ClN3O/c1-9(14)10-5-3-4-6-11(10)16-13(18)12-7-17(2)8-15-12/h3-9H,1-2H3,(H,16,18). The van der Waals surface area contributed by atoms with E-state index in [2.05, 4.69) is 10.3 Å². The van der Waals surface area contributed by atoms with Gasteiger partial charge in [0.25, 0.3) is 5.91 Å². The van der Waals surface area contributed by atoms with Crippen molar-refractivity contribution in [3.63, 3.8) is 0 Å². The SMILES string of the molecule is CC(Cl)c1ccccc1NC(=O)c1cn(C)cn1. The molecule has 0 saturated carbocycles. The Morgan fingerprint density at radius 3 is 2.78 bits per heavy atom. The van der Waals surface area contributed by atoms with Crippen molar-refractivity contribution in [3.8, 4) is 0 Å². The van der Waals surface area contributed by atoms with Crippen molar-refractivity contribution in [2.24, 2.45) is 7.05 Å². The fraction of sp³-hybridized carbons (Fsp3) is 0.231. The third-order valence-electron chi connectivity index (χ3n) is 2.58. The molecule has 2 rings (SSSR count). The normalized spacial score (nSPS) is 12.2. The number of carbonyl (C=O) groups is 1. The molecule has 1 N–H and O–H groups in total. The molecule has 0 aliphatic heterocycles. The summed E-state index contributed by atoms with van der Waals surface area (Å²) >= 11 is 6.07. The summed E-state index contributed by atoms with van der Waals surface area (Å²) in [7, 11) is 1.82. The Morgan fingerprint density at radius 1 is 1.44 bits per heavy atom. The number of aryl methyl sites for hydroxylation is 1. The molecule has 0 radical (unpaired) electrons. The van der Waals surface area contributed by atoms with Crippen molar-refractivity contribution in [1.82, 2.24) is 9.55 Å². The first kappa shape index (κ1) is 12.6. The van der Waals surface area contributed by atoms with Crippen molar-refractivity contribution in [3.05, 3.63) is 48.0 Å². The van der Waals surface area contributed by atoms with Crippen molar-refractivity contribution in [2.45, 2.75) is 12.3 Å². The minimum absolute atomic E-state index is 0.162. The van der Waals surface area contributed by atoms with Crippen molar-refractivity contribution >= 4 is 23.2 Å². The maximum Gasteiger partial charge on any atom is 0.275 e. The van der Waals surface area contributed by atoms with Gasteiger partial charge < -0.3 is 9.88 Å². The molecule has 1 aromatic carbocycles. The van der Waals surface area contributed by atoms with Crippen molar-refractivity contribution < 1.29 is 4.79 Å². The molecule has 4 nitrogen and oxygen atoms in total. The van der Waals surface area contributed by atoms with E-state index in [1.165, 1.54) is 0 Å². The van der Waals surface area contributed by atoms with E-state index in [1.54, 1.807) is 17.1 Å². The van der Waals surface area contributed by atoms with Gasteiger partial charge in [-0.25, -0.2) is 4.98 Å². The largest absolute Gasteiger partial charge is 0.340 e. The molecular formula is C13H14ClN3O. The van der Waals surface area contributed by atoms with Crippen LogP contribution in [0.15, 0.2) is 36.8 Å². The minimum atomic E-state index is -0.236. The van der Waals surface area contributed by atoms with E-state index in [0.29, 0.717) is 5.69 Å². The maximum atomic E-state index is 12.0. The molecule has 2 aromatic rings. The summed E-state index contributed by atoms with van der Waals surface area (Å²) in [6.07, 6.45) is 3.26. The summed E-state index contributed by atoms with van der Waals surface area (Å²) < 4.78 is 1.73. The van der Waals surface area contributed by atoms with Crippen LogP contribution in [0.25, 0.3) is 0 Å². The van der Waals surface area contributed by atoms with Gasteiger partial charge >= 0.3 is 0 Å². The number of carbonyl (C=O) groups excluding carboxylic acids is 1. The van der Waals surface area contributed by atoms with Gasteiger partial charge in [-0.2, -0.15) is 0 Å². The van der Waals surface area contributed by atoms with Crippen molar-refractivity contribution in [1.29, 1.82) is 0 Å². The van der Waals surface area contributed by atoms with Gasteiger partial charge in [0, 0.05) is 18.9 Å². The fourth-order valence-corrected chi connectivity index (χ4v) is 1.86. The van der Waals surface area contributed by atoms with Crippen LogP contribution in [-0.2, 0) is 7.05 Å². The van der Waals surface area contributed by atoms with E-state index in [-0.39, 0.29) is 11.3 Å². The number of alkyl halides is 1. The lowest BCUT2D eigenvalue weighted by atomic mass is 10.1. The first-order chi connectivity index (χ1) is 8.58. The molecule has 1 amide bonds. The molecule has 5 heteroatoms. The van der Waals surface area contributed by atoms with Gasteiger partial charge in [-0.1, -0.05) is 18.2 Å². The van der Waals surface area contributed by atoms with Crippen LogP contribution in [0.5, 0.6) is 0 Å². The van der Waals surface area contributed by atoms with Crippen LogP contribution in [-0.4, -0.2) is 15.5 Å². The molecule has 0 bridgehead atoms. The summed E-state index contributed by atoms with van der Waals surface area (Å²) in [5, 5.41) is 2.66. The fourth-order valence-electron chi connectivity index (χ4n) is 1.67. The lowest BCUT2D eigenvalue weighted by Gasteiger charge is -2.11. The molecule has 0 fully saturated rings. The van der Waals surface area contributed by atoms with Gasteiger partial charge in [0.15, 0.2) is 0 Å². The third kappa shape index (κ3) is 2.71. The molecule has 1 heterocycles. The Labute approximate surface area is 111 Å². The van der Waals surface area contributed by atoms with E-state index >= 15 is 0 Å². The van der Waals surface area contributed by atoms with E-state index in [4.69, 9.17) is 11.6 Å². The second-order valence-corrected chi connectivity index (χ2v) is 4.74. The van der Waals surface area contributed by atoms with Crippen LogP contribution < -0.4 is 5.32 Å². The predicted molar refractivity (Wildman–Crippen MR) is 71.9 cm³/mol. The lowest BCUT2D eigenvalue weighted by Crippen LogP contribution is -2.13. The summed E-state index contributed by atoms with van der Waals surface area (Å²) in [5.41, 5.74) is 1.99. The zero-order chi connectivity index (χ0) is 13.1. The van der Waals surface area contributed by atoms with Crippen LogP contribution >= 0.6 is 11.6 Å². The predicted octanol–water partition coefficient (Wildman–Crippen LogP) is 2.97. The number of benzene rings is 1. The summed E-state index contributed by atoms with van der Waals surface area (Å²) in [5.74, 6) is -0.236. The number of nitrogens with zero attached hydrogens (tertiary/aromatic N) is 2. The Hall–Kier alpha value is -1.81. The molecule has 18 heavy (non-hydrogen) atoms. The molecule has 1 atom stereocenters. The number of halogens is 1. The molecule has 94 valence electrons. The number of rotatable bonds is 3. The summed E-state index contributed by atoms with van der Waals surface area (Å²) in [4.78, 5) is 16.0. The lowest BCUT2D eigenvalue weighted by molar-refractivity contribution is 0.102. The molecular weight excluding hydrogens is 250 g/mol.